The summed E-state index contributed by atoms with van der Waals surface area (Å²) in [5.41, 5.74) is 2.12. The first-order valence-electron chi connectivity index (χ1n) is 11.5. The second-order valence-electron chi connectivity index (χ2n) is 8.92. The van der Waals surface area contributed by atoms with Crippen LogP contribution in [0.3, 0.4) is 0 Å². The van der Waals surface area contributed by atoms with Gasteiger partial charge in [-0.15, -0.1) is 0 Å². The lowest BCUT2D eigenvalue weighted by Crippen LogP contribution is -2.41. The number of aryl methyl sites for hydroxylation is 1. The number of rotatable bonds is 7. The molecule has 1 amide bonds. The Balaban J connectivity index is 1.43. The maximum Gasteiger partial charge on any atom is 0.261 e. The number of anilines is 1. The highest BCUT2D eigenvalue weighted by Crippen LogP contribution is 2.48. The van der Waals surface area contributed by atoms with Crippen LogP contribution in [0.15, 0.2) is 53.4 Å². The normalized spacial score (nSPS) is 18.7. The minimum absolute atomic E-state index is 0.128. The van der Waals surface area contributed by atoms with Gasteiger partial charge in [-0.3, -0.25) is 9.52 Å². The predicted molar refractivity (Wildman–Crippen MR) is 124 cm³/mol. The van der Waals surface area contributed by atoms with E-state index in [2.05, 4.69) is 10.0 Å². The number of carbonyl (C=O) groups is 1. The van der Waals surface area contributed by atoms with E-state index in [1.54, 1.807) is 24.3 Å². The fraction of sp³-hybridized carbons (Fsp3) is 0.480. The fourth-order valence-electron chi connectivity index (χ4n) is 4.49. The van der Waals surface area contributed by atoms with Gasteiger partial charge in [0, 0.05) is 11.7 Å². The smallest absolute Gasteiger partial charge is 0.261 e. The Hall–Kier alpha value is -2.34. The predicted octanol–water partition coefficient (Wildman–Crippen LogP) is 4.92. The van der Waals surface area contributed by atoms with E-state index in [0.717, 1.165) is 43.2 Å². The van der Waals surface area contributed by atoms with Crippen molar-refractivity contribution in [1.82, 2.24) is 5.32 Å². The van der Waals surface area contributed by atoms with E-state index in [0.29, 0.717) is 5.69 Å². The van der Waals surface area contributed by atoms with E-state index < -0.39 is 15.4 Å². The van der Waals surface area contributed by atoms with Crippen molar-refractivity contribution in [2.45, 2.75) is 81.1 Å². The van der Waals surface area contributed by atoms with Gasteiger partial charge in [0.15, 0.2) is 0 Å². The molecule has 0 unspecified atom stereocenters. The molecule has 0 radical (unpaired) electrons. The molecule has 0 aromatic heterocycles. The van der Waals surface area contributed by atoms with Gasteiger partial charge >= 0.3 is 0 Å². The zero-order valence-electron chi connectivity index (χ0n) is 18.2. The second kappa shape index (κ2) is 9.03. The summed E-state index contributed by atoms with van der Waals surface area (Å²) in [5, 5.41) is 3.29. The third-order valence-corrected chi connectivity index (χ3v) is 8.10. The summed E-state index contributed by atoms with van der Waals surface area (Å²) in [6, 6.07) is 14.5. The maximum atomic E-state index is 13.0. The average Bonchev–Trinajstić information content (AvgIpc) is 3.60. The molecular formula is C25H32N2O3S. The first kappa shape index (κ1) is 21.9. The van der Waals surface area contributed by atoms with Gasteiger partial charge in [-0.2, -0.15) is 0 Å². The van der Waals surface area contributed by atoms with Crippen LogP contribution in [0.4, 0.5) is 5.69 Å². The zero-order chi connectivity index (χ0) is 21.9. The topological polar surface area (TPSA) is 75.3 Å². The van der Waals surface area contributed by atoms with E-state index in [1.165, 1.54) is 25.7 Å². The Morgan fingerprint density at radius 2 is 1.55 bits per heavy atom. The molecule has 166 valence electrons. The highest BCUT2D eigenvalue weighted by molar-refractivity contribution is 7.92. The number of amides is 1. The fourth-order valence-corrected chi connectivity index (χ4v) is 5.55. The van der Waals surface area contributed by atoms with Gasteiger partial charge in [0.25, 0.3) is 10.0 Å². The molecule has 31 heavy (non-hydrogen) atoms. The molecule has 2 aromatic carbocycles. The number of nitrogens with one attached hydrogen (secondary N) is 2. The van der Waals surface area contributed by atoms with E-state index in [4.69, 9.17) is 0 Å². The van der Waals surface area contributed by atoms with E-state index in [9.17, 15) is 13.2 Å². The summed E-state index contributed by atoms with van der Waals surface area (Å²) >= 11 is 0. The van der Waals surface area contributed by atoms with Crippen LogP contribution in [-0.2, 0) is 26.7 Å². The minimum atomic E-state index is -3.64. The van der Waals surface area contributed by atoms with Crippen LogP contribution in [0.2, 0.25) is 0 Å². The second-order valence-corrected chi connectivity index (χ2v) is 10.6. The van der Waals surface area contributed by atoms with Crippen LogP contribution in [0, 0.1) is 0 Å². The van der Waals surface area contributed by atoms with Crippen molar-refractivity contribution in [2.75, 3.05) is 4.72 Å². The van der Waals surface area contributed by atoms with Crippen LogP contribution < -0.4 is 10.0 Å². The molecule has 0 aliphatic heterocycles. The summed E-state index contributed by atoms with van der Waals surface area (Å²) in [6.45, 7) is 2.03. The number of hydrogen-bond donors (Lipinski definition) is 2. The Bertz CT molecular complexity index is 1000. The Morgan fingerprint density at radius 1 is 0.935 bits per heavy atom. The molecule has 0 saturated heterocycles. The summed E-state index contributed by atoms with van der Waals surface area (Å²) in [5.74, 6) is 0.128. The lowest BCUT2D eigenvalue weighted by molar-refractivity contribution is -0.124. The van der Waals surface area contributed by atoms with Gasteiger partial charge < -0.3 is 5.32 Å². The Labute approximate surface area is 185 Å². The largest absolute Gasteiger partial charge is 0.353 e. The molecule has 2 fully saturated rings. The molecule has 4 rings (SSSR count). The molecule has 2 aromatic rings. The quantitative estimate of drug-likeness (QED) is 0.600. The lowest BCUT2D eigenvalue weighted by atomic mass is 9.94. The number of benzene rings is 2. The molecular weight excluding hydrogens is 408 g/mol. The molecule has 0 spiro atoms. The highest BCUT2D eigenvalue weighted by atomic mass is 32.2. The Morgan fingerprint density at radius 3 is 2.10 bits per heavy atom. The molecule has 2 aliphatic carbocycles. The van der Waals surface area contributed by atoms with Crippen LogP contribution in [0.5, 0.6) is 0 Å². The molecule has 0 heterocycles. The SMILES string of the molecule is CCc1ccc(S(=O)(=O)Nc2ccc(C3(C(=O)NC4CCCCCC4)CC3)cc2)cc1. The van der Waals surface area contributed by atoms with E-state index in [-0.39, 0.29) is 16.8 Å². The highest BCUT2D eigenvalue weighted by Gasteiger charge is 2.51. The molecule has 0 bridgehead atoms. The zero-order valence-corrected chi connectivity index (χ0v) is 19.0. The monoisotopic (exact) mass is 440 g/mol. The summed E-state index contributed by atoms with van der Waals surface area (Å²) in [6.07, 6.45) is 9.60. The number of carbonyl (C=O) groups excluding carboxylic acids is 1. The number of sulfonamides is 1. The van der Waals surface area contributed by atoms with Crippen molar-refractivity contribution in [2.24, 2.45) is 0 Å². The van der Waals surface area contributed by atoms with E-state index in [1.807, 2.05) is 31.2 Å². The molecule has 2 N–H and O–H groups in total. The van der Waals surface area contributed by atoms with Crippen LogP contribution >= 0.6 is 0 Å². The minimum Gasteiger partial charge on any atom is -0.353 e. The third kappa shape index (κ3) is 4.95. The van der Waals surface area contributed by atoms with Crippen molar-refractivity contribution >= 4 is 21.6 Å². The third-order valence-electron chi connectivity index (χ3n) is 6.71. The first-order chi connectivity index (χ1) is 14.9. The van der Waals surface area contributed by atoms with Gasteiger partial charge in [0.05, 0.1) is 10.3 Å². The van der Waals surface area contributed by atoms with Crippen molar-refractivity contribution in [3.8, 4) is 0 Å². The van der Waals surface area contributed by atoms with Gasteiger partial charge in [-0.25, -0.2) is 8.42 Å². The number of hydrogen-bond acceptors (Lipinski definition) is 3. The van der Waals surface area contributed by atoms with Crippen LogP contribution in [0.1, 0.15) is 69.4 Å². The molecule has 2 saturated carbocycles. The maximum absolute atomic E-state index is 13.0. The van der Waals surface area contributed by atoms with Gasteiger partial charge in [0.1, 0.15) is 0 Å². The molecule has 6 heteroatoms. The molecule has 0 atom stereocenters. The summed E-state index contributed by atoms with van der Waals surface area (Å²) < 4.78 is 28.0. The molecule has 2 aliphatic rings. The van der Waals surface area contributed by atoms with Crippen LogP contribution in [-0.4, -0.2) is 20.4 Å². The summed E-state index contributed by atoms with van der Waals surface area (Å²) in [7, 11) is -3.64. The Kier molecular flexibility index (Phi) is 6.37. The molecule has 5 nitrogen and oxygen atoms in total. The lowest BCUT2D eigenvalue weighted by Gasteiger charge is -2.22. The average molecular weight is 441 g/mol. The van der Waals surface area contributed by atoms with Crippen molar-refractivity contribution in [3.63, 3.8) is 0 Å². The van der Waals surface area contributed by atoms with Crippen molar-refractivity contribution < 1.29 is 13.2 Å². The van der Waals surface area contributed by atoms with Crippen molar-refractivity contribution in [3.05, 3.63) is 59.7 Å². The van der Waals surface area contributed by atoms with Crippen LogP contribution in [0.25, 0.3) is 0 Å². The standard InChI is InChI=1S/C25H32N2O3S/c1-2-19-9-15-23(16-10-19)31(29,30)27-22-13-11-20(12-14-22)25(17-18-25)24(28)26-21-7-5-3-4-6-8-21/h9-16,21,27H,2-8,17-18H2,1H3,(H,26,28). The van der Waals surface area contributed by atoms with Crippen molar-refractivity contribution in [1.29, 1.82) is 0 Å². The summed E-state index contributed by atoms with van der Waals surface area (Å²) in [4.78, 5) is 13.3. The first-order valence-corrected chi connectivity index (χ1v) is 12.9. The van der Waals surface area contributed by atoms with Gasteiger partial charge in [-0.05, 0) is 67.5 Å². The van der Waals surface area contributed by atoms with E-state index >= 15 is 0 Å². The van der Waals surface area contributed by atoms with Gasteiger partial charge in [0.2, 0.25) is 5.91 Å². The van der Waals surface area contributed by atoms with Gasteiger partial charge in [-0.1, -0.05) is 56.9 Å².